The Labute approximate surface area is 300 Å². The zero-order valence-electron chi connectivity index (χ0n) is 28.1. The van der Waals surface area contributed by atoms with E-state index in [1.54, 1.807) is 44.6 Å². The quantitative estimate of drug-likeness (QED) is 0.170. The molecule has 4 N–H and O–H groups in total. The third-order valence-electron chi connectivity index (χ3n) is 9.06. The number of anilines is 1. The maximum atomic E-state index is 13.5. The summed E-state index contributed by atoms with van der Waals surface area (Å²) in [4.78, 5) is 52.8. The molecule has 4 aromatic rings. The van der Waals surface area contributed by atoms with Gasteiger partial charge in [0.15, 0.2) is 5.82 Å². The Kier molecular flexibility index (Phi) is 11.0. The van der Waals surface area contributed by atoms with Gasteiger partial charge in [-0.1, -0.05) is 41.4 Å². The van der Waals surface area contributed by atoms with Gasteiger partial charge in [-0.3, -0.25) is 24.3 Å². The number of amides is 3. The number of halogens is 2. The van der Waals surface area contributed by atoms with Crippen LogP contribution in [0, 0.1) is 0 Å². The van der Waals surface area contributed by atoms with E-state index in [-0.39, 0.29) is 28.7 Å². The molecule has 1 atom stereocenters. The summed E-state index contributed by atoms with van der Waals surface area (Å²) in [7, 11) is 5.02. The number of aromatic nitrogens is 4. The Morgan fingerprint density at radius 3 is 2.68 bits per heavy atom. The molecule has 2 aliphatic rings. The summed E-state index contributed by atoms with van der Waals surface area (Å²) < 4.78 is 7.43. The largest absolute Gasteiger partial charge is 0.481 e. The molecular formula is C35H39Cl2N9O4. The second kappa shape index (κ2) is 15.5. The number of rotatable bonds is 12. The van der Waals surface area contributed by atoms with Crippen LogP contribution in [-0.2, 0) is 36.1 Å². The van der Waals surface area contributed by atoms with Crippen molar-refractivity contribution in [2.45, 2.75) is 44.8 Å². The summed E-state index contributed by atoms with van der Waals surface area (Å²) in [5, 5.41) is 12.5. The number of benzene rings is 1. The third kappa shape index (κ3) is 7.60. The Morgan fingerprint density at radius 2 is 1.92 bits per heavy atom. The molecule has 0 bridgehead atoms. The van der Waals surface area contributed by atoms with Crippen LogP contribution in [-0.4, -0.2) is 82.0 Å². The van der Waals surface area contributed by atoms with E-state index in [9.17, 15) is 14.4 Å². The van der Waals surface area contributed by atoms with Crippen LogP contribution >= 0.6 is 23.2 Å². The minimum absolute atomic E-state index is 0.0113. The van der Waals surface area contributed by atoms with E-state index in [1.807, 2.05) is 23.7 Å². The molecule has 0 radical (unpaired) electrons. The standard InChI is InChI=1S/C35H39Cl2N9O4/c1-38-28(47)13-16-46-15-12-27-26(19-46)42-33(45(27)2)34(49)43-25-6-4-5-23(30(25)36)32-31(37)22(11-14-40-32)24-9-7-20(35(44-24)50-3)17-39-18-21-8-10-29(48)41-21/h4-7,9,11,14,21,39H,8,10,12-13,15-19H2,1-3H3,(H,38,47)(H,41,48)(H,43,49). The number of nitrogens with zero attached hydrogens (tertiary/aromatic N) is 5. The number of carbonyl (C=O) groups is 3. The number of imidazole rings is 1. The van der Waals surface area contributed by atoms with E-state index in [1.165, 1.54) is 0 Å². The normalized spacial score (nSPS) is 15.8. The number of fused-ring (bicyclic) bond motifs is 1. The van der Waals surface area contributed by atoms with Gasteiger partial charge in [0.1, 0.15) is 0 Å². The number of nitrogens with one attached hydrogen (secondary N) is 4. The average Bonchev–Trinajstić information content (AvgIpc) is 3.69. The highest BCUT2D eigenvalue weighted by Crippen LogP contribution is 2.40. The van der Waals surface area contributed by atoms with Crippen LogP contribution in [0.25, 0.3) is 22.5 Å². The Morgan fingerprint density at radius 1 is 1.08 bits per heavy atom. The van der Waals surface area contributed by atoms with Gasteiger partial charge < -0.3 is 30.6 Å². The molecule has 1 fully saturated rings. The van der Waals surface area contributed by atoms with Crippen molar-refractivity contribution in [3.8, 4) is 28.4 Å². The molecule has 3 aromatic heterocycles. The molecule has 0 spiro atoms. The highest BCUT2D eigenvalue weighted by Gasteiger charge is 2.27. The van der Waals surface area contributed by atoms with Gasteiger partial charge in [0, 0.05) is 101 Å². The van der Waals surface area contributed by atoms with Gasteiger partial charge in [-0.15, -0.1) is 0 Å². The number of hydrogen-bond donors (Lipinski definition) is 4. The number of pyridine rings is 2. The Hall–Kier alpha value is -4.56. The van der Waals surface area contributed by atoms with Crippen molar-refractivity contribution in [2.24, 2.45) is 7.05 Å². The van der Waals surface area contributed by atoms with E-state index in [0.29, 0.717) is 78.1 Å². The lowest BCUT2D eigenvalue weighted by Crippen LogP contribution is -2.35. The molecule has 262 valence electrons. The molecule has 15 heteroatoms. The highest BCUT2D eigenvalue weighted by molar-refractivity contribution is 6.39. The smallest absolute Gasteiger partial charge is 0.291 e. The van der Waals surface area contributed by atoms with Gasteiger partial charge in [0.25, 0.3) is 5.91 Å². The number of hydrogen-bond acceptors (Lipinski definition) is 9. The summed E-state index contributed by atoms with van der Waals surface area (Å²) in [6, 6.07) is 11.0. The van der Waals surface area contributed by atoms with Gasteiger partial charge in [0.05, 0.1) is 39.9 Å². The molecule has 5 heterocycles. The molecule has 13 nitrogen and oxygen atoms in total. The first kappa shape index (κ1) is 35.3. The van der Waals surface area contributed by atoms with E-state index < -0.39 is 5.91 Å². The fourth-order valence-corrected chi connectivity index (χ4v) is 6.90. The van der Waals surface area contributed by atoms with E-state index in [4.69, 9.17) is 32.9 Å². The highest BCUT2D eigenvalue weighted by atomic mass is 35.5. The van der Waals surface area contributed by atoms with Gasteiger partial charge >= 0.3 is 0 Å². The lowest BCUT2D eigenvalue weighted by atomic mass is 10.1. The van der Waals surface area contributed by atoms with Crippen LogP contribution < -0.4 is 26.0 Å². The topological polar surface area (TPSA) is 155 Å². The lowest BCUT2D eigenvalue weighted by Gasteiger charge is -2.26. The van der Waals surface area contributed by atoms with Gasteiger partial charge in [-0.05, 0) is 24.6 Å². The predicted octanol–water partition coefficient (Wildman–Crippen LogP) is 3.97. The minimum Gasteiger partial charge on any atom is -0.481 e. The van der Waals surface area contributed by atoms with Crippen LogP contribution in [0.1, 0.15) is 46.8 Å². The van der Waals surface area contributed by atoms with Gasteiger partial charge in [-0.25, -0.2) is 9.97 Å². The average molecular weight is 721 g/mol. The van der Waals surface area contributed by atoms with Crippen LogP contribution in [0.4, 0.5) is 5.69 Å². The molecule has 0 aliphatic carbocycles. The maximum absolute atomic E-state index is 13.5. The Bertz CT molecular complexity index is 1930. The van der Waals surface area contributed by atoms with E-state index >= 15 is 0 Å². The number of carbonyl (C=O) groups excluding carboxylic acids is 3. The fourth-order valence-electron chi connectivity index (χ4n) is 6.32. The number of methoxy groups -OCH3 is 1. The van der Waals surface area contributed by atoms with Gasteiger partial charge in [-0.2, -0.15) is 0 Å². The van der Waals surface area contributed by atoms with Crippen molar-refractivity contribution in [2.75, 3.05) is 39.1 Å². The summed E-state index contributed by atoms with van der Waals surface area (Å²) in [5.74, 6) is 0.397. The first-order valence-corrected chi connectivity index (χ1v) is 17.2. The maximum Gasteiger partial charge on any atom is 0.291 e. The number of ether oxygens (including phenoxy) is 1. The molecular weight excluding hydrogens is 681 g/mol. The summed E-state index contributed by atoms with van der Waals surface area (Å²) in [6.45, 7) is 3.13. The summed E-state index contributed by atoms with van der Waals surface area (Å²) >= 11 is 13.9. The molecule has 1 saturated heterocycles. The monoisotopic (exact) mass is 719 g/mol. The molecule has 0 saturated carbocycles. The first-order chi connectivity index (χ1) is 24.2. The van der Waals surface area contributed by atoms with Gasteiger partial charge in [0.2, 0.25) is 17.7 Å². The Balaban J connectivity index is 1.18. The first-order valence-electron chi connectivity index (χ1n) is 16.4. The molecule has 3 amide bonds. The lowest BCUT2D eigenvalue weighted by molar-refractivity contribution is -0.121. The van der Waals surface area contributed by atoms with Crippen molar-refractivity contribution in [3.63, 3.8) is 0 Å². The zero-order chi connectivity index (χ0) is 35.4. The van der Waals surface area contributed by atoms with Crippen LogP contribution in [0.3, 0.4) is 0 Å². The van der Waals surface area contributed by atoms with Crippen LogP contribution in [0.15, 0.2) is 42.6 Å². The molecule has 1 unspecified atom stereocenters. The molecule has 6 rings (SSSR count). The second-order valence-electron chi connectivity index (χ2n) is 12.3. The summed E-state index contributed by atoms with van der Waals surface area (Å²) in [6.07, 6.45) is 4.13. The zero-order valence-corrected chi connectivity index (χ0v) is 29.6. The predicted molar refractivity (Wildman–Crippen MR) is 191 cm³/mol. The molecule has 1 aromatic carbocycles. The van der Waals surface area contributed by atoms with E-state index in [2.05, 4.69) is 36.1 Å². The van der Waals surface area contributed by atoms with Crippen LogP contribution in [0.5, 0.6) is 5.88 Å². The summed E-state index contributed by atoms with van der Waals surface area (Å²) in [5.41, 5.74) is 5.26. The van der Waals surface area contributed by atoms with Crippen molar-refractivity contribution in [3.05, 3.63) is 75.4 Å². The second-order valence-corrected chi connectivity index (χ2v) is 13.0. The SMILES string of the molecule is CNC(=O)CCN1CCc2c(nc(C(=O)Nc3cccc(-c4nccc(-c5ccc(CNCC6CCC(=O)N6)c(OC)n5)c4Cl)c3Cl)n2C)C1. The van der Waals surface area contributed by atoms with E-state index in [0.717, 1.165) is 36.3 Å². The van der Waals surface area contributed by atoms with Crippen molar-refractivity contribution in [1.82, 2.24) is 40.4 Å². The molecule has 2 aliphatic heterocycles. The van der Waals surface area contributed by atoms with Crippen molar-refractivity contribution >= 4 is 46.6 Å². The van der Waals surface area contributed by atoms with Crippen LogP contribution in [0.2, 0.25) is 10.0 Å². The third-order valence-corrected chi connectivity index (χ3v) is 9.85. The van der Waals surface area contributed by atoms with Crippen molar-refractivity contribution in [1.29, 1.82) is 0 Å². The minimum atomic E-state index is -0.399. The fraction of sp³-hybridized carbons (Fsp3) is 0.371. The van der Waals surface area contributed by atoms with Crippen molar-refractivity contribution < 1.29 is 19.1 Å². The molecule has 50 heavy (non-hydrogen) atoms.